The predicted molar refractivity (Wildman–Crippen MR) is 134 cm³/mol. The lowest BCUT2D eigenvalue weighted by molar-refractivity contribution is 0.104. The molecule has 180 valence electrons. The van der Waals surface area contributed by atoms with E-state index in [1.165, 1.54) is 0 Å². The van der Waals surface area contributed by atoms with Gasteiger partial charge in [0.25, 0.3) is 0 Å². The number of carbonyl (C=O) groups is 1. The van der Waals surface area contributed by atoms with Crippen molar-refractivity contribution in [1.29, 1.82) is 0 Å². The van der Waals surface area contributed by atoms with Gasteiger partial charge < -0.3 is 18.9 Å². The Labute approximate surface area is 198 Å². The van der Waals surface area contributed by atoms with Gasteiger partial charge in [-0.25, -0.2) is 0 Å². The van der Waals surface area contributed by atoms with Crippen LogP contribution in [0.5, 0.6) is 23.0 Å². The van der Waals surface area contributed by atoms with Gasteiger partial charge in [0, 0.05) is 17.2 Å². The number of methoxy groups -OCH3 is 1. The van der Waals surface area contributed by atoms with Crippen LogP contribution in [-0.4, -0.2) is 32.7 Å². The maximum absolute atomic E-state index is 12.9. The highest BCUT2D eigenvalue weighted by molar-refractivity contribution is 6.07. The molecule has 0 radical (unpaired) electrons. The molecule has 5 nitrogen and oxygen atoms in total. The molecule has 0 aliphatic carbocycles. The number of allylic oxidation sites excluding steroid dienone is 1. The minimum Gasteiger partial charge on any atom is -0.493 e. The third-order valence-corrected chi connectivity index (χ3v) is 4.54. The summed E-state index contributed by atoms with van der Waals surface area (Å²) in [5, 5.41) is 0. The van der Waals surface area contributed by atoms with Crippen molar-refractivity contribution in [2.24, 2.45) is 17.8 Å². The predicted octanol–water partition coefficient (Wildman–Crippen LogP) is 6.70. The molecule has 0 aliphatic heterocycles. The Balaban J connectivity index is 2.32. The molecule has 0 aliphatic rings. The zero-order valence-corrected chi connectivity index (χ0v) is 21.0. The van der Waals surface area contributed by atoms with E-state index in [-0.39, 0.29) is 5.78 Å². The topological polar surface area (TPSA) is 54.0 Å². The van der Waals surface area contributed by atoms with E-state index in [9.17, 15) is 4.79 Å². The zero-order chi connectivity index (χ0) is 24.4. The Morgan fingerprint density at radius 1 is 0.818 bits per heavy atom. The van der Waals surface area contributed by atoms with E-state index < -0.39 is 0 Å². The number of rotatable bonds is 13. The molecule has 0 fully saturated rings. The zero-order valence-electron chi connectivity index (χ0n) is 21.0. The van der Waals surface area contributed by atoms with Crippen molar-refractivity contribution in [3.05, 3.63) is 53.6 Å². The van der Waals surface area contributed by atoms with Crippen LogP contribution < -0.4 is 18.9 Å². The Bertz CT molecular complexity index is 928. The fourth-order valence-corrected chi connectivity index (χ4v) is 2.89. The van der Waals surface area contributed by atoms with Gasteiger partial charge in [0.2, 0.25) is 0 Å². The van der Waals surface area contributed by atoms with Crippen LogP contribution in [0.4, 0.5) is 0 Å². The third kappa shape index (κ3) is 8.83. The van der Waals surface area contributed by atoms with E-state index in [0.717, 1.165) is 5.56 Å². The number of carbonyl (C=O) groups excluding carboxylic acids is 1. The largest absolute Gasteiger partial charge is 0.493 e. The van der Waals surface area contributed by atoms with Crippen LogP contribution in [0, 0.1) is 17.8 Å². The van der Waals surface area contributed by atoms with Gasteiger partial charge in [0.05, 0.1) is 26.9 Å². The van der Waals surface area contributed by atoms with Crippen molar-refractivity contribution in [3.8, 4) is 23.0 Å². The second-order valence-corrected chi connectivity index (χ2v) is 9.38. The van der Waals surface area contributed by atoms with Crippen LogP contribution >= 0.6 is 0 Å². The van der Waals surface area contributed by atoms with Crippen LogP contribution in [0.2, 0.25) is 0 Å². The molecule has 2 aromatic carbocycles. The number of benzene rings is 2. The van der Waals surface area contributed by atoms with Crippen LogP contribution in [-0.2, 0) is 0 Å². The molecule has 0 atom stereocenters. The molecule has 2 rings (SSSR count). The molecule has 0 heterocycles. The van der Waals surface area contributed by atoms with Crippen LogP contribution in [0.1, 0.15) is 57.5 Å². The molecule has 33 heavy (non-hydrogen) atoms. The lowest BCUT2D eigenvalue weighted by Crippen LogP contribution is -2.08. The molecular formula is C28H38O5. The molecule has 5 heteroatoms. The fourth-order valence-electron chi connectivity index (χ4n) is 2.89. The van der Waals surface area contributed by atoms with E-state index in [1.807, 2.05) is 24.3 Å². The van der Waals surface area contributed by atoms with Crippen LogP contribution in [0.25, 0.3) is 6.08 Å². The molecule has 0 amide bonds. The Morgan fingerprint density at radius 3 is 2.03 bits per heavy atom. The summed E-state index contributed by atoms with van der Waals surface area (Å²) in [6.07, 6.45) is 3.30. The first-order valence-corrected chi connectivity index (χ1v) is 11.6. The normalized spacial score (nSPS) is 11.5. The van der Waals surface area contributed by atoms with E-state index in [2.05, 4.69) is 41.5 Å². The summed E-state index contributed by atoms with van der Waals surface area (Å²) in [6.45, 7) is 14.2. The number of ketones is 1. The molecule has 0 saturated carbocycles. The van der Waals surface area contributed by atoms with E-state index in [0.29, 0.717) is 66.1 Å². The maximum atomic E-state index is 12.9. The fraction of sp³-hybridized carbons (Fsp3) is 0.464. The molecule has 0 unspecified atom stereocenters. The lowest BCUT2D eigenvalue weighted by Gasteiger charge is -2.17. The first kappa shape index (κ1) is 26.3. The summed E-state index contributed by atoms with van der Waals surface area (Å²) in [4.78, 5) is 12.9. The van der Waals surface area contributed by atoms with E-state index in [1.54, 1.807) is 31.4 Å². The van der Waals surface area contributed by atoms with Gasteiger partial charge in [-0.3, -0.25) is 4.79 Å². The van der Waals surface area contributed by atoms with Crippen molar-refractivity contribution in [2.75, 3.05) is 26.9 Å². The van der Waals surface area contributed by atoms with Gasteiger partial charge in [-0.1, -0.05) is 53.7 Å². The standard InChI is InChI=1S/C28H38O5/c1-19(2)16-31-24-10-8-9-22(13-24)26(29)12-11-23-14-25(32-17-20(3)4)15-27(30-7)28(23)33-18-21(5)6/h8-15,19-21H,16-18H2,1-7H3/b12-11+. The minimum atomic E-state index is -0.118. The first-order valence-electron chi connectivity index (χ1n) is 11.6. The van der Waals surface area contributed by atoms with Crippen molar-refractivity contribution in [1.82, 2.24) is 0 Å². The average Bonchev–Trinajstić information content (AvgIpc) is 2.78. The number of ether oxygens (including phenoxy) is 4. The van der Waals surface area contributed by atoms with Gasteiger partial charge >= 0.3 is 0 Å². The molecule has 0 saturated heterocycles. The van der Waals surface area contributed by atoms with Crippen molar-refractivity contribution >= 4 is 11.9 Å². The van der Waals surface area contributed by atoms with Gasteiger partial charge in [-0.15, -0.1) is 0 Å². The first-order chi connectivity index (χ1) is 15.7. The summed E-state index contributed by atoms with van der Waals surface area (Å²) >= 11 is 0. The Morgan fingerprint density at radius 2 is 1.42 bits per heavy atom. The molecular weight excluding hydrogens is 416 g/mol. The summed E-state index contributed by atoms with van der Waals surface area (Å²) < 4.78 is 23.3. The minimum absolute atomic E-state index is 0.118. The SMILES string of the molecule is COc1cc(OCC(C)C)cc(/C=C/C(=O)c2cccc(OCC(C)C)c2)c1OCC(C)C. The number of hydrogen-bond acceptors (Lipinski definition) is 5. The van der Waals surface area contributed by atoms with E-state index >= 15 is 0 Å². The molecule has 0 N–H and O–H groups in total. The highest BCUT2D eigenvalue weighted by atomic mass is 16.5. The molecule has 0 aromatic heterocycles. The highest BCUT2D eigenvalue weighted by Gasteiger charge is 2.15. The Kier molecular flexibility index (Phi) is 10.3. The molecule has 0 spiro atoms. The molecule has 2 aromatic rings. The summed E-state index contributed by atoms with van der Waals surface area (Å²) in [5.41, 5.74) is 1.30. The van der Waals surface area contributed by atoms with Gasteiger partial charge in [-0.05, 0) is 48.1 Å². The monoisotopic (exact) mass is 454 g/mol. The third-order valence-electron chi connectivity index (χ3n) is 4.54. The summed E-state index contributed by atoms with van der Waals surface area (Å²) in [7, 11) is 1.60. The average molecular weight is 455 g/mol. The summed E-state index contributed by atoms with van der Waals surface area (Å²) in [5.74, 6) is 3.57. The number of hydrogen-bond donors (Lipinski definition) is 0. The summed E-state index contributed by atoms with van der Waals surface area (Å²) in [6, 6.07) is 11.0. The second-order valence-electron chi connectivity index (χ2n) is 9.38. The van der Waals surface area contributed by atoms with Crippen molar-refractivity contribution < 1.29 is 23.7 Å². The van der Waals surface area contributed by atoms with Crippen LogP contribution in [0.15, 0.2) is 42.5 Å². The smallest absolute Gasteiger partial charge is 0.185 e. The van der Waals surface area contributed by atoms with Gasteiger partial charge in [-0.2, -0.15) is 0 Å². The lowest BCUT2D eigenvalue weighted by atomic mass is 10.1. The second kappa shape index (κ2) is 12.9. The maximum Gasteiger partial charge on any atom is 0.185 e. The Hall–Kier alpha value is -2.95. The highest BCUT2D eigenvalue weighted by Crippen LogP contribution is 2.37. The van der Waals surface area contributed by atoms with Crippen molar-refractivity contribution in [2.45, 2.75) is 41.5 Å². The van der Waals surface area contributed by atoms with Gasteiger partial charge in [0.1, 0.15) is 11.5 Å². The quantitative estimate of drug-likeness (QED) is 0.249. The van der Waals surface area contributed by atoms with Gasteiger partial charge in [0.15, 0.2) is 17.3 Å². The van der Waals surface area contributed by atoms with Crippen LogP contribution in [0.3, 0.4) is 0 Å². The molecule has 0 bridgehead atoms. The van der Waals surface area contributed by atoms with Crippen molar-refractivity contribution in [3.63, 3.8) is 0 Å². The van der Waals surface area contributed by atoms with E-state index in [4.69, 9.17) is 18.9 Å².